The minimum absolute atomic E-state index is 0.452. The van der Waals surface area contributed by atoms with Crippen LogP contribution in [0.5, 0.6) is 5.75 Å². The molecule has 1 unspecified atom stereocenters. The number of aromatic nitrogens is 2. The van der Waals surface area contributed by atoms with Crippen molar-refractivity contribution in [3.05, 3.63) is 48.0 Å². The van der Waals surface area contributed by atoms with E-state index in [4.69, 9.17) is 4.74 Å². The molecule has 1 aliphatic rings. The molecule has 4 heteroatoms. The lowest BCUT2D eigenvalue weighted by Crippen LogP contribution is -2.23. The van der Waals surface area contributed by atoms with Crippen LogP contribution in [0.4, 0.5) is 0 Å². The maximum absolute atomic E-state index is 5.31. The zero-order valence-corrected chi connectivity index (χ0v) is 11.2. The van der Waals surface area contributed by atoms with E-state index >= 15 is 0 Å². The Balaban J connectivity index is 1.62. The maximum Gasteiger partial charge on any atom is 0.119 e. The number of methoxy groups -OCH3 is 1. The number of fused-ring (bicyclic) bond motifs is 1. The monoisotopic (exact) mass is 257 g/mol. The Labute approximate surface area is 113 Å². The van der Waals surface area contributed by atoms with Crippen LogP contribution < -0.4 is 10.1 Å². The van der Waals surface area contributed by atoms with Gasteiger partial charge in [0.05, 0.1) is 13.4 Å². The molecule has 1 aromatic heterocycles. The van der Waals surface area contributed by atoms with Gasteiger partial charge < -0.3 is 14.6 Å². The van der Waals surface area contributed by atoms with Crippen molar-refractivity contribution in [1.82, 2.24) is 14.9 Å². The molecule has 19 heavy (non-hydrogen) atoms. The molecule has 0 fully saturated rings. The molecular formula is C15H19N3O. The summed E-state index contributed by atoms with van der Waals surface area (Å²) in [7, 11) is 1.72. The molecule has 1 heterocycles. The van der Waals surface area contributed by atoms with Gasteiger partial charge in [0.15, 0.2) is 0 Å². The third-order valence-corrected chi connectivity index (χ3v) is 3.75. The van der Waals surface area contributed by atoms with Gasteiger partial charge in [0.25, 0.3) is 0 Å². The predicted octanol–water partition coefficient (Wildman–Crippen LogP) is 2.17. The van der Waals surface area contributed by atoms with Crippen molar-refractivity contribution in [3.8, 4) is 5.75 Å². The molecule has 1 N–H and O–H groups in total. The summed E-state index contributed by atoms with van der Waals surface area (Å²) in [5.41, 5.74) is 2.84. The molecule has 1 aliphatic carbocycles. The Morgan fingerprint density at radius 3 is 3.21 bits per heavy atom. The van der Waals surface area contributed by atoms with Crippen molar-refractivity contribution in [2.45, 2.75) is 25.4 Å². The van der Waals surface area contributed by atoms with Crippen molar-refractivity contribution in [3.63, 3.8) is 0 Å². The van der Waals surface area contributed by atoms with Crippen LogP contribution in [0.2, 0.25) is 0 Å². The van der Waals surface area contributed by atoms with Gasteiger partial charge in [-0.3, -0.25) is 0 Å². The summed E-state index contributed by atoms with van der Waals surface area (Å²) in [6.07, 6.45) is 7.99. The smallest absolute Gasteiger partial charge is 0.119 e. The SMILES string of the molecule is COc1ccc2c(c1)C(NCCn1ccnc1)CC2. The second kappa shape index (κ2) is 5.45. The van der Waals surface area contributed by atoms with Gasteiger partial charge in [0, 0.05) is 31.5 Å². The third-order valence-electron chi connectivity index (χ3n) is 3.75. The summed E-state index contributed by atoms with van der Waals surface area (Å²) in [6, 6.07) is 6.85. The Bertz CT molecular complexity index is 536. The average Bonchev–Trinajstić information content (AvgIpc) is 3.08. The number of nitrogens with zero attached hydrogens (tertiary/aromatic N) is 2. The topological polar surface area (TPSA) is 39.1 Å². The highest BCUT2D eigenvalue weighted by molar-refractivity contribution is 5.40. The highest BCUT2D eigenvalue weighted by atomic mass is 16.5. The minimum atomic E-state index is 0.452. The van der Waals surface area contributed by atoms with Gasteiger partial charge in [-0.05, 0) is 36.1 Å². The number of aryl methyl sites for hydroxylation is 1. The van der Waals surface area contributed by atoms with E-state index in [1.165, 1.54) is 17.5 Å². The van der Waals surface area contributed by atoms with Crippen LogP contribution in [0.15, 0.2) is 36.9 Å². The summed E-state index contributed by atoms with van der Waals surface area (Å²) < 4.78 is 7.40. The quantitative estimate of drug-likeness (QED) is 0.892. The van der Waals surface area contributed by atoms with Gasteiger partial charge in [-0.2, -0.15) is 0 Å². The van der Waals surface area contributed by atoms with E-state index in [0.29, 0.717) is 6.04 Å². The average molecular weight is 257 g/mol. The molecule has 3 rings (SSSR count). The predicted molar refractivity (Wildman–Crippen MR) is 74.3 cm³/mol. The van der Waals surface area contributed by atoms with E-state index in [1.54, 1.807) is 7.11 Å². The Kier molecular flexibility index (Phi) is 3.51. The zero-order valence-electron chi connectivity index (χ0n) is 11.2. The van der Waals surface area contributed by atoms with Crippen molar-refractivity contribution in [1.29, 1.82) is 0 Å². The van der Waals surface area contributed by atoms with Gasteiger partial charge in [-0.1, -0.05) is 6.07 Å². The van der Waals surface area contributed by atoms with E-state index < -0.39 is 0 Å². The summed E-state index contributed by atoms with van der Waals surface area (Å²) in [5.74, 6) is 0.946. The molecule has 0 spiro atoms. The first-order chi connectivity index (χ1) is 9.36. The first-order valence-corrected chi connectivity index (χ1v) is 6.73. The Morgan fingerprint density at radius 2 is 2.42 bits per heavy atom. The van der Waals surface area contributed by atoms with Crippen LogP contribution in [0, 0.1) is 0 Å². The van der Waals surface area contributed by atoms with Crippen LogP contribution in [0.25, 0.3) is 0 Å². The number of nitrogens with one attached hydrogen (secondary N) is 1. The Morgan fingerprint density at radius 1 is 1.47 bits per heavy atom. The number of hydrogen-bond acceptors (Lipinski definition) is 3. The largest absolute Gasteiger partial charge is 0.497 e. The molecule has 1 atom stereocenters. The third kappa shape index (κ3) is 2.63. The lowest BCUT2D eigenvalue weighted by molar-refractivity contribution is 0.413. The lowest BCUT2D eigenvalue weighted by atomic mass is 10.1. The number of imidazole rings is 1. The fourth-order valence-electron chi connectivity index (χ4n) is 2.71. The second-order valence-corrected chi connectivity index (χ2v) is 4.91. The fourth-order valence-corrected chi connectivity index (χ4v) is 2.71. The molecule has 0 aliphatic heterocycles. The number of ether oxygens (including phenoxy) is 1. The molecule has 0 bridgehead atoms. The van der Waals surface area contributed by atoms with E-state index in [2.05, 4.69) is 27.0 Å². The van der Waals surface area contributed by atoms with Crippen LogP contribution in [0.1, 0.15) is 23.6 Å². The molecule has 4 nitrogen and oxygen atoms in total. The van der Waals surface area contributed by atoms with E-state index in [9.17, 15) is 0 Å². The lowest BCUT2D eigenvalue weighted by Gasteiger charge is -2.15. The van der Waals surface area contributed by atoms with Crippen LogP contribution in [-0.2, 0) is 13.0 Å². The number of rotatable bonds is 5. The van der Waals surface area contributed by atoms with Crippen LogP contribution in [-0.4, -0.2) is 23.2 Å². The van der Waals surface area contributed by atoms with E-state index in [0.717, 1.165) is 25.3 Å². The molecule has 0 radical (unpaired) electrons. The van der Waals surface area contributed by atoms with Crippen molar-refractivity contribution in [2.75, 3.05) is 13.7 Å². The van der Waals surface area contributed by atoms with Crippen LogP contribution in [0.3, 0.4) is 0 Å². The standard InChI is InChI=1S/C15H19N3O/c1-19-13-4-2-12-3-5-15(14(12)10-13)17-7-9-18-8-6-16-11-18/h2,4,6,8,10-11,15,17H,3,5,7,9H2,1H3. The summed E-state index contributed by atoms with van der Waals surface area (Å²) in [6.45, 7) is 1.91. The summed E-state index contributed by atoms with van der Waals surface area (Å²) in [5, 5.41) is 3.62. The van der Waals surface area contributed by atoms with Crippen LogP contribution >= 0.6 is 0 Å². The van der Waals surface area contributed by atoms with Gasteiger partial charge in [-0.15, -0.1) is 0 Å². The molecule has 2 aromatic rings. The summed E-state index contributed by atoms with van der Waals surface area (Å²) in [4.78, 5) is 4.05. The van der Waals surface area contributed by atoms with Crippen molar-refractivity contribution >= 4 is 0 Å². The fraction of sp³-hybridized carbons (Fsp3) is 0.400. The first kappa shape index (κ1) is 12.2. The highest BCUT2D eigenvalue weighted by Gasteiger charge is 2.22. The molecule has 0 saturated carbocycles. The number of benzene rings is 1. The highest BCUT2D eigenvalue weighted by Crippen LogP contribution is 2.33. The van der Waals surface area contributed by atoms with Gasteiger partial charge in [-0.25, -0.2) is 4.98 Å². The maximum atomic E-state index is 5.31. The van der Waals surface area contributed by atoms with E-state index in [1.807, 2.05) is 24.8 Å². The molecular weight excluding hydrogens is 238 g/mol. The van der Waals surface area contributed by atoms with E-state index in [-0.39, 0.29) is 0 Å². The van der Waals surface area contributed by atoms with Gasteiger partial charge in [0.2, 0.25) is 0 Å². The summed E-state index contributed by atoms with van der Waals surface area (Å²) >= 11 is 0. The second-order valence-electron chi connectivity index (χ2n) is 4.91. The molecule has 100 valence electrons. The number of hydrogen-bond donors (Lipinski definition) is 1. The molecule has 0 amide bonds. The molecule has 1 aromatic carbocycles. The van der Waals surface area contributed by atoms with Gasteiger partial charge in [0.1, 0.15) is 5.75 Å². The zero-order chi connectivity index (χ0) is 13.1. The minimum Gasteiger partial charge on any atom is -0.497 e. The molecule has 0 saturated heterocycles. The van der Waals surface area contributed by atoms with Gasteiger partial charge >= 0.3 is 0 Å². The van der Waals surface area contributed by atoms with Crippen molar-refractivity contribution in [2.24, 2.45) is 0 Å². The Hall–Kier alpha value is -1.81. The normalized spacial score (nSPS) is 17.4. The first-order valence-electron chi connectivity index (χ1n) is 6.73. The van der Waals surface area contributed by atoms with Crippen molar-refractivity contribution < 1.29 is 4.74 Å².